The van der Waals surface area contributed by atoms with Gasteiger partial charge >= 0.3 is 0 Å². The van der Waals surface area contributed by atoms with Crippen LogP contribution in [0.3, 0.4) is 0 Å². The lowest BCUT2D eigenvalue weighted by atomic mass is 10.2. The molecule has 0 N–H and O–H groups in total. The summed E-state index contributed by atoms with van der Waals surface area (Å²) in [4.78, 5) is 24.7. The van der Waals surface area contributed by atoms with Crippen molar-refractivity contribution < 1.29 is 13.9 Å². The lowest BCUT2D eigenvalue weighted by Gasteiger charge is -2.20. The quantitative estimate of drug-likeness (QED) is 0.191. The number of fused-ring (bicyclic) bond motifs is 1. The van der Waals surface area contributed by atoms with Crippen LogP contribution in [-0.2, 0) is 11.3 Å². The van der Waals surface area contributed by atoms with E-state index in [1.165, 1.54) is 23.5 Å². The van der Waals surface area contributed by atoms with Crippen LogP contribution in [0.25, 0.3) is 10.2 Å². The van der Waals surface area contributed by atoms with Gasteiger partial charge in [-0.1, -0.05) is 22.9 Å². The highest BCUT2D eigenvalue weighted by molar-refractivity contribution is 7.99. The highest BCUT2D eigenvalue weighted by atomic mass is 35.5. The van der Waals surface area contributed by atoms with Gasteiger partial charge in [-0.3, -0.25) is 14.7 Å². The van der Waals surface area contributed by atoms with Gasteiger partial charge in [0.1, 0.15) is 17.1 Å². The molecule has 1 amide bonds. The van der Waals surface area contributed by atoms with Crippen molar-refractivity contribution >= 4 is 56.0 Å². The largest absolute Gasteiger partial charge is 0.494 e. The number of ether oxygens (including phenoxy) is 1. The van der Waals surface area contributed by atoms with Crippen LogP contribution in [0.2, 0.25) is 5.02 Å². The second-order valence-electron chi connectivity index (χ2n) is 7.17. The number of anilines is 1. The van der Waals surface area contributed by atoms with Crippen molar-refractivity contribution in [2.24, 2.45) is 0 Å². The van der Waals surface area contributed by atoms with Gasteiger partial charge in [0.05, 0.1) is 23.4 Å². The number of benzene rings is 2. The number of rotatable bonds is 9. The number of hydrogen-bond donors (Lipinski definition) is 0. The lowest BCUT2D eigenvalue weighted by Crippen LogP contribution is -2.30. The standard InChI is InChI=1S/C24H21ClFN3O2S2/c1-31-20-9-8-19(25)23-22(20)28-24(33-23)29(15-16-10-12-27-13-11-16)21(30)3-2-14-32-18-6-4-17(26)5-7-18/h4-13H,2-3,14-15H2,1H3. The van der Waals surface area contributed by atoms with E-state index in [1.54, 1.807) is 60.4 Å². The molecule has 170 valence electrons. The van der Waals surface area contributed by atoms with Crippen LogP contribution >= 0.6 is 34.7 Å². The van der Waals surface area contributed by atoms with E-state index in [1.807, 2.05) is 12.1 Å². The molecule has 4 rings (SSSR count). The Morgan fingerprint density at radius 1 is 1.15 bits per heavy atom. The third-order valence-corrected chi connectivity index (χ3v) is 7.54. The maximum atomic E-state index is 13.3. The summed E-state index contributed by atoms with van der Waals surface area (Å²) in [6.45, 7) is 0.381. The molecule has 0 atom stereocenters. The molecule has 0 spiro atoms. The predicted octanol–water partition coefficient (Wildman–Crippen LogP) is 6.60. The summed E-state index contributed by atoms with van der Waals surface area (Å²) in [5, 5.41) is 1.14. The van der Waals surface area contributed by atoms with Crippen molar-refractivity contribution in [3.63, 3.8) is 0 Å². The zero-order valence-corrected chi connectivity index (χ0v) is 20.2. The van der Waals surface area contributed by atoms with Crippen molar-refractivity contribution in [3.8, 4) is 5.75 Å². The Bertz CT molecular complexity index is 1240. The number of halogens is 2. The third kappa shape index (κ3) is 5.82. The van der Waals surface area contributed by atoms with Crippen molar-refractivity contribution in [2.45, 2.75) is 24.3 Å². The fourth-order valence-electron chi connectivity index (χ4n) is 3.23. The summed E-state index contributed by atoms with van der Waals surface area (Å²) in [6.07, 6.45) is 4.45. The van der Waals surface area contributed by atoms with E-state index >= 15 is 0 Å². The smallest absolute Gasteiger partial charge is 0.229 e. The van der Waals surface area contributed by atoms with E-state index < -0.39 is 0 Å². The van der Waals surface area contributed by atoms with Crippen molar-refractivity contribution in [1.82, 2.24) is 9.97 Å². The lowest BCUT2D eigenvalue weighted by molar-refractivity contribution is -0.118. The molecule has 0 radical (unpaired) electrons. The normalized spacial score (nSPS) is 11.0. The van der Waals surface area contributed by atoms with Gasteiger partial charge in [-0.05, 0) is 66.3 Å². The van der Waals surface area contributed by atoms with E-state index in [0.717, 1.165) is 20.9 Å². The first kappa shape index (κ1) is 23.5. The van der Waals surface area contributed by atoms with Gasteiger partial charge in [0, 0.05) is 23.7 Å². The maximum Gasteiger partial charge on any atom is 0.229 e. The van der Waals surface area contributed by atoms with Crippen LogP contribution < -0.4 is 9.64 Å². The third-order valence-electron chi connectivity index (χ3n) is 4.91. The first-order valence-corrected chi connectivity index (χ1v) is 12.4. The number of hydrogen-bond acceptors (Lipinski definition) is 6. The van der Waals surface area contributed by atoms with E-state index in [4.69, 9.17) is 21.3 Å². The molecule has 0 aliphatic carbocycles. The first-order valence-electron chi connectivity index (χ1n) is 10.3. The molecule has 0 saturated heterocycles. The van der Waals surface area contributed by atoms with E-state index in [0.29, 0.717) is 40.8 Å². The average molecular weight is 502 g/mol. The molecule has 5 nitrogen and oxygen atoms in total. The second kappa shape index (κ2) is 11.0. The summed E-state index contributed by atoms with van der Waals surface area (Å²) >= 11 is 9.36. The molecular weight excluding hydrogens is 481 g/mol. The number of thioether (sulfide) groups is 1. The monoisotopic (exact) mass is 501 g/mol. The number of amides is 1. The number of aromatic nitrogens is 2. The van der Waals surface area contributed by atoms with Gasteiger partial charge in [0.2, 0.25) is 5.91 Å². The van der Waals surface area contributed by atoms with Crippen molar-refractivity contribution in [2.75, 3.05) is 17.8 Å². The topological polar surface area (TPSA) is 55.3 Å². The molecule has 0 aliphatic rings. The highest BCUT2D eigenvalue weighted by Crippen LogP contribution is 2.39. The predicted molar refractivity (Wildman–Crippen MR) is 133 cm³/mol. The van der Waals surface area contributed by atoms with Crippen LogP contribution in [0.15, 0.2) is 65.8 Å². The number of carbonyl (C=O) groups is 1. The van der Waals surface area contributed by atoms with Crippen molar-refractivity contribution in [3.05, 3.63) is 77.3 Å². The van der Waals surface area contributed by atoms with Gasteiger partial charge in [0.15, 0.2) is 5.13 Å². The van der Waals surface area contributed by atoms with Crippen LogP contribution in [-0.4, -0.2) is 28.7 Å². The maximum absolute atomic E-state index is 13.3. The molecule has 0 saturated carbocycles. The molecule has 2 aromatic carbocycles. The average Bonchev–Trinajstić information content (AvgIpc) is 3.28. The molecule has 4 aromatic rings. The number of thiazole rings is 1. The fourth-order valence-corrected chi connectivity index (χ4v) is 5.36. The van der Waals surface area contributed by atoms with Crippen LogP contribution in [0, 0.1) is 5.82 Å². The van der Waals surface area contributed by atoms with E-state index in [-0.39, 0.29) is 11.7 Å². The summed E-state index contributed by atoms with van der Waals surface area (Å²) in [5.41, 5.74) is 1.60. The zero-order chi connectivity index (χ0) is 23.2. The fraction of sp³-hybridized carbons (Fsp3) is 0.208. The minimum atomic E-state index is -0.256. The van der Waals surface area contributed by atoms with Crippen LogP contribution in [0.5, 0.6) is 5.75 Å². The summed E-state index contributed by atoms with van der Waals surface area (Å²) in [7, 11) is 1.58. The van der Waals surface area contributed by atoms with Crippen molar-refractivity contribution in [1.29, 1.82) is 0 Å². The first-order chi connectivity index (χ1) is 16.0. The molecule has 0 unspecified atom stereocenters. The van der Waals surface area contributed by atoms with Gasteiger partial charge in [-0.2, -0.15) is 0 Å². The molecule has 2 aromatic heterocycles. The SMILES string of the molecule is COc1ccc(Cl)c2sc(N(Cc3ccncc3)C(=O)CCCSc3ccc(F)cc3)nc12. The van der Waals surface area contributed by atoms with Crippen LogP contribution in [0.1, 0.15) is 18.4 Å². The molecule has 0 fully saturated rings. The van der Waals surface area contributed by atoms with Crippen LogP contribution in [0.4, 0.5) is 9.52 Å². The molecule has 0 bridgehead atoms. The minimum Gasteiger partial charge on any atom is -0.494 e. The molecule has 0 aliphatic heterocycles. The van der Waals surface area contributed by atoms with Gasteiger partial charge < -0.3 is 4.74 Å². The summed E-state index contributed by atoms with van der Waals surface area (Å²) in [6, 6.07) is 13.7. The molecule has 9 heteroatoms. The Kier molecular flexibility index (Phi) is 7.80. The minimum absolute atomic E-state index is 0.0272. The zero-order valence-electron chi connectivity index (χ0n) is 17.8. The highest BCUT2D eigenvalue weighted by Gasteiger charge is 2.22. The van der Waals surface area contributed by atoms with Gasteiger partial charge in [-0.15, -0.1) is 11.8 Å². The van der Waals surface area contributed by atoms with E-state index in [2.05, 4.69) is 4.98 Å². The molecule has 33 heavy (non-hydrogen) atoms. The molecular formula is C24H21ClFN3O2S2. The Balaban J connectivity index is 1.52. The Labute approximate surface area is 204 Å². The summed E-state index contributed by atoms with van der Waals surface area (Å²) < 4.78 is 19.3. The van der Waals surface area contributed by atoms with E-state index in [9.17, 15) is 9.18 Å². The number of methoxy groups -OCH3 is 1. The summed E-state index contributed by atoms with van der Waals surface area (Å²) in [5.74, 6) is 1.08. The molecule has 2 heterocycles. The number of nitrogens with zero attached hydrogens (tertiary/aromatic N) is 3. The van der Waals surface area contributed by atoms with Gasteiger partial charge in [-0.25, -0.2) is 9.37 Å². The Morgan fingerprint density at radius 2 is 1.91 bits per heavy atom. The number of carbonyl (C=O) groups excluding carboxylic acids is 1. The Morgan fingerprint density at radius 3 is 2.64 bits per heavy atom. The second-order valence-corrected chi connectivity index (χ2v) is 9.72. The Hall–Kier alpha value is -2.68. The number of pyridine rings is 1. The van der Waals surface area contributed by atoms with Gasteiger partial charge in [0.25, 0.3) is 0 Å².